The van der Waals surface area contributed by atoms with E-state index in [-0.39, 0.29) is 11.9 Å². The number of nitrogens with zero attached hydrogens (tertiary/aromatic N) is 1. The maximum absolute atomic E-state index is 12.4. The molecular weight excluding hydrogens is 344 g/mol. The third-order valence-electron chi connectivity index (χ3n) is 4.11. The topological polar surface area (TPSA) is 51.2 Å². The van der Waals surface area contributed by atoms with Gasteiger partial charge in [-0.25, -0.2) is 4.98 Å². The molecule has 134 valence electrons. The molecule has 0 spiro atoms. The van der Waals surface area contributed by atoms with Gasteiger partial charge in [0.15, 0.2) is 0 Å². The van der Waals surface area contributed by atoms with Crippen LogP contribution in [0.2, 0.25) is 0 Å². The first kappa shape index (κ1) is 18.1. The van der Waals surface area contributed by atoms with Gasteiger partial charge in [-0.3, -0.25) is 4.79 Å². The van der Waals surface area contributed by atoms with E-state index in [9.17, 15) is 4.79 Å². The molecule has 0 radical (unpaired) electrons. The van der Waals surface area contributed by atoms with Crippen molar-refractivity contribution in [2.24, 2.45) is 0 Å². The van der Waals surface area contributed by atoms with Gasteiger partial charge in [0.05, 0.1) is 6.04 Å². The van der Waals surface area contributed by atoms with Crippen LogP contribution in [0.25, 0.3) is 0 Å². The Morgan fingerprint density at radius 1 is 1.19 bits per heavy atom. The summed E-state index contributed by atoms with van der Waals surface area (Å²) in [4.78, 5) is 16.8. The van der Waals surface area contributed by atoms with Crippen molar-refractivity contribution < 1.29 is 9.53 Å². The highest BCUT2D eigenvalue weighted by Gasteiger charge is 2.15. The highest BCUT2D eigenvalue weighted by Crippen LogP contribution is 2.21. The van der Waals surface area contributed by atoms with Gasteiger partial charge in [-0.15, -0.1) is 11.3 Å². The zero-order valence-electron chi connectivity index (χ0n) is 15.2. The molecule has 1 amide bonds. The minimum absolute atomic E-state index is 0.0692. The van der Waals surface area contributed by atoms with Crippen molar-refractivity contribution in [3.8, 4) is 5.75 Å². The summed E-state index contributed by atoms with van der Waals surface area (Å²) in [5.41, 5.74) is 3.79. The van der Waals surface area contributed by atoms with Crippen LogP contribution >= 0.6 is 11.3 Å². The van der Waals surface area contributed by atoms with Gasteiger partial charge in [-0.1, -0.05) is 48.0 Å². The largest absolute Gasteiger partial charge is 0.486 e. The molecule has 1 atom stereocenters. The first-order chi connectivity index (χ1) is 12.5. The average molecular weight is 366 g/mol. The fourth-order valence-corrected chi connectivity index (χ4v) is 3.36. The summed E-state index contributed by atoms with van der Waals surface area (Å²) in [5.74, 6) is 0.671. The van der Waals surface area contributed by atoms with Crippen molar-refractivity contribution in [2.75, 3.05) is 0 Å². The number of nitrogens with one attached hydrogen (secondary N) is 1. The highest BCUT2D eigenvalue weighted by atomic mass is 32.1. The van der Waals surface area contributed by atoms with Gasteiger partial charge >= 0.3 is 0 Å². The van der Waals surface area contributed by atoms with Crippen LogP contribution in [0.5, 0.6) is 5.75 Å². The summed E-state index contributed by atoms with van der Waals surface area (Å²) in [6, 6.07) is 15.9. The second kappa shape index (κ2) is 8.15. The second-order valence-electron chi connectivity index (χ2n) is 6.29. The fraction of sp³-hybridized carbons (Fsp3) is 0.238. The SMILES string of the molecule is Cc1ccc(OCc2nc(C(=O)N[C@H](C)c3ccccc3)cs2)c(C)c1. The normalized spacial score (nSPS) is 11.8. The van der Waals surface area contributed by atoms with E-state index in [0.29, 0.717) is 12.3 Å². The molecular formula is C21H22N2O2S. The lowest BCUT2D eigenvalue weighted by atomic mass is 10.1. The summed E-state index contributed by atoms with van der Waals surface area (Å²) in [6.45, 7) is 6.40. The summed E-state index contributed by atoms with van der Waals surface area (Å²) in [5, 5.41) is 5.53. The number of thiazole rings is 1. The number of rotatable bonds is 6. The Hall–Kier alpha value is -2.66. The van der Waals surface area contributed by atoms with E-state index in [1.807, 2.05) is 56.3 Å². The number of hydrogen-bond donors (Lipinski definition) is 1. The van der Waals surface area contributed by atoms with Crippen molar-refractivity contribution >= 4 is 17.2 Å². The molecule has 2 aromatic carbocycles. The molecule has 3 rings (SSSR count). The molecule has 0 unspecified atom stereocenters. The number of amides is 1. The Bertz CT molecular complexity index is 890. The van der Waals surface area contributed by atoms with Gasteiger partial charge in [0.25, 0.3) is 5.91 Å². The number of aromatic nitrogens is 1. The number of ether oxygens (including phenoxy) is 1. The fourth-order valence-electron chi connectivity index (χ4n) is 2.68. The van der Waals surface area contributed by atoms with Crippen molar-refractivity contribution in [1.82, 2.24) is 10.3 Å². The van der Waals surface area contributed by atoms with Crippen molar-refractivity contribution in [1.29, 1.82) is 0 Å². The number of carbonyl (C=O) groups is 1. The third-order valence-corrected chi connectivity index (χ3v) is 4.94. The van der Waals surface area contributed by atoms with Gasteiger partial charge in [0.2, 0.25) is 0 Å². The van der Waals surface area contributed by atoms with Crippen molar-refractivity contribution in [2.45, 2.75) is 33.4 Å². The van der Waals surface area contributed by atoms with E-state index in [4.69, 9.17) is 4.74 Å². The standard InChI is InChI=1S/C21H22N2O2S/c1-14-9-10-19(15(2)11-14)25-12-20-23-18(13-26-20)21(24)22-16(3)17-7-5-4-6-8-17/h4-11,13,16H,12H2,1-3H3,(H,22,24)/t16-/m1/s1. The maximum atomic E-state index is 12.4. The van der Waals surface area contributed by atoms with Gasteiger partial charge in [0.1, 0.15) is 23.1 Å². The maximum Gasteiger partial charge on any atom is 0.271 e. The minimum atomic E-state index is -0.171. The number of carbonyl (C=O) groups excluding carboxylic acids is 1. The Morgan fingerprint density at radius 2 is 1.96 bits per heavy atom. The van der Waals surface area contributed by atoms with Crippen molar-refractivity contribution in [3.05, 3.63) is 81.3 Å². The molecule has 0 aliphatic carbocycles. The monoisotopic (exact) mass is 366 g/mol. The smallest absolute Gasteiger partial charge is 0.271 e. The Balaban J connectivity index is 1.59. The van der Waals surface area contributed by atoms with Crippen LogP contribution in [0.1, 0.15) is 45.2 Å². The Kier molecular flexibility index (Phi) is 5.68. The Labute approximate surface area is 157 Å². The highest BCUT2D eigenvalue weighted by molar-refractivity contribution is 7.09. The molecule has 4 nitrogen and oxygen atoms in total. The predicted octanol–water partition coefficient (Wildman–Crippen LogP) is 4.83. The number of hydrogen-bond acceptors (Lipinski definition) is 4. The summed E-state index contributed by atoms with van der Waals surface area (Å²) in [6.07, 6.45) is 0. The molecule has 0 aliphatic rings. The van der Waals surface area contributed by atoms with Crippen LogP contribution in [0.3, 0.4) is 0 Å². The zero-order valence-corrected chi connectivity index (χ0v) is 16.0. The lowest BCUT2D eigenvalue weighted by Gasteiger charge is -2.13. The molecule has 0 aliphatic heterocycles. The van der Waals surface area contributed by atoms with Crippen LogP contribution in [-0.4, -0.2) is 10.9 Å². The number of aryl methyl sites for hydroxylation is 2. The molecule has 5 heteroatoms. The first-order valence-corrected chi connectivity index (χ1v) is 9.41. The van der Waals surface area contributed by atoms with E-state index in [1.165, 1.54) is 16.9 Å². The van der Waals surface area contributed by atoms with Gasteiger partial charge in [-0.05, 0) is 38.0 Å². The van der Waals surface area contributed by atoms with Gasteiger partial charge in [0, 0.05) is 5.38 Å². The van der Waals surface area contributed by atoms with Crippen LogP contribution < -0.4 is 10.1 Å². The first-order valence-electron chi connectivity index (χ1n) is 8.53. The summed E-state index contributed by atoms with van der Waals surface area (Å²) < 4.78 is 5.84. The molecule has 1 heterocycles. The van der Waals surface area contributed by atoms with E-state index in [2.05, 4.69) is 23.3 Å². The second-order valence-corrected chi connectivity index (χ2v) is 7.23. The molecule has 0 saturated carbocycles. The van der Waals surface area contributed by atoms with Gasteiger partial charge in [-0.2, -0.15) is 0 Å². The molecule has 0 bridgehead atoms. The lowest BCUT2D eigenvalue weighted by molar-refractivity contribution is 0.0935. The molecule has 1 aromatic heterocycles. The Morgan fingerprint density at radius 3 is 2.69 bits per heavy atom. The zero-order chi connectivity index (χ0) is 18.5. The lowest BCUT2D eigenvalue weighted by Crippen LogP contribution is -2.26. The average Bonchev–Trinajstić information content (AvgIpc) is 3.11. The van der Waals surface area contributed by atoms with Crippen LogP contribution in [0.15, 0.2) is 53.9 Å². The number of benzene rings is 2. The molecule has 1 N–H and O–H groups in total. The van der Waals surface area contributed by atoms with E-state index < -0.39 is 0 Å². The van der Waals surface area contributed by atoms with Crippen LogP contribution in [0.4, 0.5) is 0 Å². The molecule has 0 saturated heterocycles. The van der Waals surface area contributed by atoms with E-state index >= 15 is 0 Å². The quantitative estimate of drug-likeness (QED) is 0.680. The third kappa shape index (κ3) is 4.49. The minimum Gasteiger partial charge on any atom is -0.486 e. The molecule has 3 aromatic rings. The summed E-state index contributed by atoms with van der Waals surface area (Å²) >= 11 is 1.43. The van der Waals surface area contributed by atoms with Crippen LogP contribution in [0, 0.1) is 13.8 Å². The van der Waals surface area contributed by atoms with E-state index in [0.717, 1.165) is 21.9 Å². The van der Waals surface area contributed by atoms with E-state index in [1.54, 1.807) is 5.38 Å². The molecule has 26 heavy (non-hydrogen) atoms. The van der Waals surface area contributed by atoms with Crippen molar-refractivity contribution in [3.63, 3.8) is 0 Å². The molecule has 0 fully saturated rings. The van der Waals surface area contributed by atoms with Gasteiger partial charge < -0.3 is 10.1 Å². The van der Waals surface area contributed by atoms with Crippen LogP contribution in [-0.2, 0) is 6.61 Å². The predicted molar refractivity (Wildman–Crippen MR) is 105 cm³/mol. The summed E-state index contributed by atoms with van der Waals surface area (Å²) in [7, 11) is 0.